The summed E-state index contributed by atoms with van der Waals surface area (Å²) in [6.07, 6.45) is 0. The van der Waals surface area contributed by atoms with E-state index in [1.807, 2.05) is 0 Å². The molecule has 0 radical (unpaired) electrons. The first-order valence-corrected chi connectivity index (χ1v) is 24.6. The third-order valence-electron chi connectivity index (χ3n) is 15.6. The zero-order chi connectivity index (χ0) is 47.0. The molecule has 11 aromatic rings. The molecular weight excluding hydrogens is 843 g/mol. The van der Waals surface area contributed by atoms with Gasteiger partial charge in [-0.1, -0.05) is 238 Å². The highest BCUT2D eigenvalue weighted by molar-refractivity contribution is 6.06. The van der Waals surface area contributed by atoms with E-state index in [4.69, 9.17) is 0 Å². The lowest BCUT2D eigenvalue weighted by Gasteiger charge is -2.30. The molecule has 70 heavy (non-hydrogen) atoms. The number of benzene rings is 11. The highest BCUT2D eigenvalue weighted by Crippen LogP contribution is 2.55. The Bertz CT molecular complexity index is 3790. The average molecular weight is 894 g/mol. The number of rotatable bonds is 8. The van der Waals surface area contributed by atoms with E-state index in [1.54, 1.807) is 0 Å². The Labute approximate surface area is 411 Å². The summed E-state index contributed by atoms with van der Waals surface area (Å²) in [4.78, 5) is 2.47. The van der Waals surface area contributed by atoms with Crippen LogP contribution in [0.25, 0.3) is 77.5 Å². The van der Waals surface area contributed by atoms with E-state index in [9.17, 15) is 0 Å². The highest BCUT2D eigenvalue weighted by atomic mass is 15.1. The van der Waals surface area contributed by atoms with Crippen molar-refractivity contribution >= 4 is 27.8 Å². The van der Waals surface area contributed by atoms with E-state index in [2.05, 4.69) is 280 Å². The third kappa shape index (κ3) is 6.46. The second-order valence-electron chi connectivity index (χ2n) is 19.7. The van der Waals surface area contributed by atoms with Crippen molar-refractivity contribution in [1.29, 1.82) is 0 Å². The first-order valence-electron chi connectivity index (χ1n) is 24.6. The van der Waals surface area contributed by atoms with Crippen LogP contribution < -0.4 is 4.90 Å². The highest BCUT2D eigenvalue weighted by Gasteiger charge is 2.41. The van der Waals surface area contributed by atoms with Crippen LogP contribution in [0.2, 0.25) is 0 Å². The fraction of sp³-hybridized carbons (Fsp3) is 0.0725. The van der Waals surface area contributed by atoms with Crippen molar-refractivity contribution in [1.82, 2.24) is 0 Å². The van der Waals surface area contributed by atoms with E-state index < -0.39 is 0 Å². The van der Waals surface area contributed by atoms with Crippen molar-refractivity contribution in [3.63, 3.8) is 0 Å². The van der Waals surface area contributed by atoms with Crippen molar-refractivity contribution in [2.24, 2.45) is 0 Å². The molecule has 0 saturated carbocycles. The second-order valence-corrected chi connectivity index (χ2v) is 19.7. The first-order chi connectivity index (χ1) is 34.4. The molecule has 0 amide bonds. The minimum Gasteiger partial charge on any atom is -0.309 e. The Morgan fingerprint density at radius 3 is 1.50 bits per heavy atom. The van der Waals surface area contributed by atoms with Crippen LogP contribution in [0.15, 0.2) is 255 Å². The third-order valence-corrected chi connectivity index (χ3v) is 15.6. The van der Waals surface area contributed by atoms with Crippen LogP contribution in [0, 0.1) is 0 Å². The van der Waals surface area contributed by atoms with E-state index in [-0.39, 0.29) is 10.8 Å². The lowest BCUT2D eigenvalue weighted by molar-refractivity contribution is 0.662. The van der Waals surface area contributed by atoms with Gasteiger partial charge in [-0.05, 0) is 132 Å². The molecule has 1 heteroatoms. The van der Waals surface area contributed by atoms with Crippen molar-refractivity contribution in [2.45, 2.75) is 31.6 Å². The summed E-state index contributed by atoms with van der Waals surface area (Å²) < 4.78 is 0. The van der Waals surface area contributed by atoms with Gasteiger partial charge in [-0.3, -0.25) is 0 Å². The Morgan fingerprint density at radius 2 is 0.786 bits per heavy atom. The van der Waals surface area contributed by atoms with Crippen LogP contribution >= 0.6 is 0 Å². The molecule has 2 aliphatic carbocycles. The Balaban J connectivity index is 0.941. The summed E-state index contributed by atoms with van der Waals surface area (Å²) >= 11 is 0. The number of anilines is 3. The Hall–Kier alpha value is -8.52. The lowest BCUT2D eigenvalue weighted by Crippen LogP contribution is -2.22. The van der Waals surface area contributed by atoms with E-state index in [0.29, 0.717) is 0 Å². The zero-order valence-electron chi connectivity index (χ0n) is 39.7. The fourth-order valence-corrected chi connectivity index (χ4v) is 12.1. The van der Waals surface area contributed by atoms with Gasteiger partial charge in [0.05, 0.1) is 5.69 Å². The van der Waals surface area contributed by atoms with Crippen molar-refractivity contribution in [3.8, 4) is 66.8 Å². The molecule has 0 fully saturated rings. The number of hydrogen-bond acceptors (Lipinski definition) is 1. The summed E-state index contributed by atoms with van der Waals surface area (Å²) in [7, 11) is 0. The smallest absolute Gasteiger partial charge is 0.0618 e. The number of hydrogen-bond donors (Lipinski definition) is 0. The van der Waals surface area contributed by atoms with Crippen molar-refractivity contribution in [3.05, 3.63) is 283 Å². The molecule has 11 aromatic carbocycles. The predicted molar refractivity (Wildman–Crippen MR) is 295 cm³/mol. The van der Waals surface area contributed by atoms with Crippen LogP contribution in [0.4, 0.5) is 17.1 Å². The zero-order valence-corrected chi connectivity index (χ0v) is 39.7. The van der Waals surface area contributed by atoms with E-state index in [0.717, 1.165) is 17.1 Å². The van der Waals surface area contributed by atoms with Gasteiger partial charge >= 0.3 is 0 Å². The normalized spacial score (nSPS) is 15.0. The largest absolute Gasteiger partial charge is 0.309 e. The first kappa shape index (κ1) is 41.7. The van der Waals surface area contributed by atoms with Crippen LogP contribution in [-0.4, -0.2) is 0 Å². The minimum atomic E-state index is -0.265. The fourth-order valence-electron chi connectivity index (χ4n) is 12.1. The van der Waals surface area contributed by atoms with Crippen molar-refractivity contribution < 1.29 is 0 Å². The number of nitrogens with zero attached hydrogens (tertiary/aromatic N) is 1. The maximum atomic E-state index is 2.47. The maximum Gasteiger partial charge on any atom is 0.0618 e. The minimum absolute atomic E-state index is 0.125. The topological polar surface area (TPSA) is 3.24 Å². The van der Waals surface area contributed by atoms with Gasteiger partial charge in [-0.15, -0.1) is 0 Å². The van der Waals surface area contributed by atoms with Crippen LogP contribution in [0.1, 0.15) is 48.6 Å². The molecule has 332 valence electrons. The van der Waals surface area contributed by atoms with Gasteiger partial charge in [-0.2, -0.15) is 0 Å². The molecule has 0 saturated heterocycles. The average Bonchev–Trinajstić information content (AvgIpc) is 3.83. The van der Waals surface area contributed by atoms with Gasteiger partial charge in [-0.25, -0.2) is 0 Å². The second kappa shape index (κ2) is 16.3. The number of fused-ring (bicyclic) bond motifs is 7. The lowest BCUT2D eigenvalue weighted by atomic mass is 9.74. The maximum absolute atomic E-state index is 2.47. The predicted octanol–water partition coefficient (Wildman–Crippen LogP) is 18.6. The summed E-state index contributed by atoms with van der Waals surface area (Å²) in [5.41, 5.74) is 24.7. The molecule has 0 N–H and O–H groups in total. The SMILES string of the molecule is CC1(C)c2ccccc2-c2cccc(-c3ccccc3-c3ccc(N(c4ccc(-c5ccc6c(c5)C(C)(c5ccccc5)c5ccccc5-6)cc4)c4c(-c5ccccc5)ccc5ccccc45)cc3)c21. The van der Waals surface area contributed by atoms with Crippen LogP contribution in [-0.2, 0) is 10.8 Å². The Morgan fingerprint density at radius 1 is 0.300 bits per heavy atom. The monoisotopic (exact) mass is 893 g/mol. The summed E-state index contributed by atoms with van der Waals surface area (Å²) in [6, 6.07) is 94.4. The Kier molecular flexibility index (Phi) is 9.71. The summed E-state index contributed by atoms with van der Waals surface area (Å²) in [6.45, 7) is 7.15. The molecule has 1 nitrogen and oxygen atoms in total. The van der Waals surface area contributed by atoms with Gasteiger partial charge in [0, 0.05) is 33.2 Å². The van der Waals surface area contributed by atoms with E-state index >= 15 is 0 Å². The quantitative estimate of drug-likeness (QED) is 0.147. The van der Waals surface area contributed by atoms with Gasteiger partial charge in [0.1, 0.15) is 0 Å². The van der Waals surface area contributed by atoms with Gasteiger partial charge in [0.25, 0.3) is 0 Å². The van der Waals surface area contributed by atoms with Crippen molar-refractivity contribution in [2.75, 3.05) is 4.90 Å². The molecule has 13 rings (SSSR count). The standard InChI is InChI=1S/C69H51N/c1-68(2)63-31-16-14-28-59(63)62-30-18-29-61(66(62)68)57-26-13-12-24-54(57)49-35-41-53(42-36-49)70(67-55-25-11-10-21-48(55)37-43-56(67)47-19-6-4-7-20-47)52-39-33-46(34-40-52)50-38-44-60-58-27-15-17-32-64(58)69(3,65(60)45-50)51-22-8-5-9-23-51/h4-45H,1-3H3. The van der Waals surface area contributed by atoms with Crippen LogP contribution in [0.3, 0.4) is 0 Å². The molecule has 1 atom stereocenters. The summed E-state index contributed by atoms with van der Waals surface area (Å²) in [5, 5.41) is 2.40. The summed E-state index contributed by atoms with van der Waals surface area (Å²) in [5.74, 6) is 0. The van der Waals surface area contributed by atoms with Gasteiger partial charge < -0.3 is 4.90 Å². The molecule has 1 unspecified atom stereocenters. The molecule has 0 aromatic heterocycles. The van der Waals surface area contributed by atoms with Crippen LogP contribution in [0.5, 0.6) is 0 Å². The molecule has 0 bridgehead atoms. The molecule has 0 aliphatic heterocycles. The molecule has 0 heterocycles. The molecule has 2 aliphatic rings. The molecule has 0 spiro atoms. The van der Waals surface area contributed by atoms with E-state index in [1.165, 1.54) is 105 Å². The molecular formula is C69H51N. The van der Waals surface area contributed by atoms with Gasteiger partial charge in [0.15, 0.2) is 0 Å². The van der Waals surface area contributed by atoms with Gasteiger partial charge in [0.2, 0.25) is 0 Å².